The number of pyridine rings is 1. The highest BCUT2D eigenvalue weighted by Crippen LogP contribution is 2.24. The number of aromatic nitrogens is 1. The second-order valence-corrected chi connectivity index (χ2v) is 7.80. The standard InChI is InChI=1S/C23H30N6O2/c1-2-25-23(26-14-22(30)27-19-9-6-10-24-13-19)29-16-20-21(17-29)31-12-11-28(20)15-18-7-4-3-5-8-18/h3-10,13,20-21H,2,11-12,14-17H2,1H3,(H,25,26)(H,27,30). The summed E-state index contributed by atoms with van der Waals surface area (Å²) in [5.41, 5.74) is 1.99. The predicted molar refractivity (Wildman–Crippen MR) is 121 cm³/mol. The van der Waals surface area contributed by atoms with Crippen LogP contribution >= 0.6 is 0 Å². The molecule has 8 nitrogen and oxygen atoms in total. The molecular formula is C23H30N6O2. The van der Waals surface area contributed by atoms with E-state index in [9.17, 15) is 4.79 Å². The van der Waals surface area contributed by atoms with E-state index in [0.717, 1.165) is 45.3 Å². The largest absolute Gasteiger partial charge is 0.373 e. The summed E-state index contributed by atoms with van der Waals surface area (Å²) in [6.07, 6.45) is 3.44. The van der Waals surface area contributed by atoms with Crippen molar-refractivity contribution < 1.29 is 9.53 Å². The van der Waals surface area contributed by atoms with Gasteiger partial charge in [-0.1, -0.05) is 30.3 Å². The van der Waals surface area contributed by atoms with Crippen LogP contribution in [0.4, 0.5) is 5.69 Å². The smallest absolute Gasteiger partial charge is 0.246 e. The Morgan fingerprint density at radius 3 is 2.87 bits per heavy atom. The van der Waals surface area contributed by atoms with Gasteiger partial charge in [-0.05, 0) is 24.6 Å². The van der Waals surface area contributed by atoms with Crippen molar-refractivity contribution >= 4 is 17.6 Å². The number of anilines is 1. The second kappa shape index (κ2) is 10.4. The van der Waals surface area contributed by atoms with Gasteiger partial charge in [-0.2, -0.15) is 0 Å². The fraction of sp³-hybridized carbons (Fsp3) is 0.435. The number of fused-ring (bicyclic) bond motifs is 1. The van der Waals surface area contributed by atoms with Crippen LogP contribution < -0.4 is 10.6 Å². The van der Waals surface area contributed by atoms with E-state index in [1.54, 1.807) is 18.5 Å². The third-order valence-corrected chi connectivity index (χ3v) is 5.60. The maximum atomic E-state index is 12.3. The van der Waals surface area contributed by atoms with Gasteiger partial charge in [0.15, 0.2) is 5.96 Å². The number of amides is 1. The van der Waals surface area contributed by atoms with Crippen LogP contribution in [0, 0.1) is 0 Å². The van der Waals surface area contributed by atoms with Crippen LogP contribution in [0.25, 0.3) is 0 Å². The van der Waals surface area contributed by atoms with Gasteiger partial charge in [0.1, 0.15) is 6.54 Å². The highest BCUT2D eigenvalue weighted by Gasteiger charge is 2.41. The van der Waals surface area contributed by atoms with Crippen LogP contribution in [-0.2, 0) is 16.1 Å². The molecule has 1 amide bonds. The minimum absolute atomic E-state index is 0.0532. The number of carbonyl (C=O) groups excluding carboxylic acids is 1. The van der Waals surface area contributed by atoms with Crippen molar-refractivity contribution in [2.75, 3.05) is 44.6 Å². The average molecular weight is 423 g/mol. The molecule has 0 bridgehead atoms. The third-order valence-electron chi connectivity index (χ3n) is 5.60. The number of guanidine groups is 1. The Labute approximate surface area is 183 Å². The summed E-state index contributed by atoms with van der Waals surface area (Å²) in [5.74, 6) is 0.587. The molecular weight excluding hydrogens is 392 g/mol. The summed E-state index contributed by atoms with van der Waals surface area (Å²) in [5, 5.41) is 6.15. The summed E-state index contributed by atoms with van der Waals surface area (Å²) in [7, 11) is 0. The van der Waals surface area contributed by atoms with Crippen LogP contribution in [0.15, 0.2) is 59.9 Å². The lowest BCUT2D eigenvalue weighted by molar-refractivity contribution is -0.114. The van der Waals surface area contributed by atoms with Crippen molar-refractivity contribution in [3.05, 3.63) is 60.4 Å². The maximum absolute atomic E-state index is 12.3. The molecule has 0 radical (unpaired) electrons. The zero-order valence-corrected chi connectivity index (χ0v) is 17.9. The van der Waals surface area contributed by atoms with Gasteiger partial charge in [-0.3, -0.25) is 14.7 Å². The van der Waals surface area contributed by atoms with Gasteiger partial charge in [0.2, 0.25) is 5.91 Å². The first-order valence-corrected chi connectivity index (χ1v) is 10.9. The van der Waals surface area contributed by atoms with E-state index >= 15 is 0 Å². The van der Waals surface area contributed by atoms with E-state index in [2.05, 4.69) is 54.7 Å². The van der Waals surface area contributed by atoms with Gasteiger partial charge in [0.05, 0.1) is 30.6 Å². The first kappa shape index (κ1) is 21.3. The third kappa shape index (κ3) is 5.59. The van der Waals surface area contributed by atoms with E-state index in [0.29, 0.717) is 11.7 Å². The van der Waals surface area contributed by atoms with Crippen LogP contribution in [0.2, 0.25) is 0 Å². The Hall–Kier alpha value is -2.97. The number of aliphatic imine (C=N–C) groups is 1. The number of rotatable bonds is 6. The van der Waals surface area contributed by atoms with Crippen LogP contribution in [-0.4, -0.2) is 78.1 Å². The molecule has 0 aliphatic carbocycles. The minimum atomic E-state index is -0.165. The SMILES string of the molecule is CCNC(=NCC(=O)Nc1cccnc1)N1CC2OCCN(Cc3ccccc3)C2C1. The number of ether oxygens (including phenoxy) is 1. The monoisotopic (exact) mass is 422 g/mol. The maximum Gasteiger partial charge on any atom is 0.246 e. The molecule has 0 saturated carbocycles. The Morgan fingerprint density at radius 1 is 1.23 bits per heavy atom. The molecule has 2 saturated heterocycles. The van der Waals surface area contributed by atoms with Gasteiger partial charge in [0, 0.05) is 38.9 Å². The van der Waals surface area contributed by atoms with Crippen molar-refractivity contribution in [3.8, 4) is 0 Å². The highest BCUT2D eigenvalue weighted by atomic mass is 16.5. The molecule has 31 heavy (non-hydrogen) atoms. The molecule has 2 N–H and O–H groups in total. The topological polar surface area (TPSA) is 82.1 Å². The van der Waals surface area contributed by atoms with Crippen LogP contribution in [0.3, 0.4) is 0 Å². The van der Waals surface area contributed by atoms with Gasteiger partial charge in [-0.15, -0.1) is 0 Å². The van der Waals surface area contributed by atoms with Gasteiger partial charge in [-0.25, -0.2) is 4.99 Å². The van der Waals surface area contributed by atoms with Gasteiger partial charge < -0.3 is 20.3 Å². The van der Waals surface area contributed by atoms with Crippen molar-refractivity contribution in [2.24, 2.45) is 4.99 Å². The quantitative estimate of drug-likeness (QED) is 0.543. The summed E-state index contributed by atoms with van der Waals surface area (Å²) >= 11 is 0. The molecule has 1 aromatic carbocycles. The van der Waals surface area contributed by atoms with E-state index in [-0.39, 0.29) is 18.6 Å². The molecule has 3 heterocycles. The van der Waals surface area contributed by atoms with Crippen molar-refractivity contribution in [3.63, 3.8) is 0 Å². The summed E-state index contributed by atoms with van der Waals surface area (Å²) in [6, 6.07) is 14.5. The zero-order valence-electron chi connectivity index (χ0n) is 17.9. The fourth-order valence-corrected chi connectivity index (χ4v) is 4.16. The number of carbonyl (C=O) groups is 1. The number of benzene rings is 1. The first-order valence-electron chi connectivity index (χ1n) is 10.9. The van der Waals surface area contributed by atoms with E-state index in [4.69, 9.17) is 4.74 Å². The lowest BCUT2D eigenvalue weighted by Crippen LogP contribution is -2.50. The second-order valence-electron chi connectivity index (χ2n) is 7.80. The molecule has 2 fully saturated rings. The molecule has 2 aliphatic rings. The predicted octanol–water partition coefficient (Wildman–Crippen LogP) is 1.57. The van der Waals surface area contributed by atoms with Crippen molar-refractivity contribution in [1.82, 2.24) is 20.1 Å². The van der Waals surface area contributed by atoms with Crippen LogP contribution in [0.1, 0.15) is 12.5 Å². The van der Waals surface area contributed by atoms with Crippen molar-refractivity contribution in [1.29, 1.82) is 0 Å². The van der Waals surface area contributed by atoms with Crippen molar-refractivity contribution in [2.45, 2.75) is 25.6 Å². The summed E-state index contributed by atoms with van der Waals surface area (Å²) in [6.45, 7) is 7.00. The molecule has 8 heteroatoms. The molecule has 2 unspecified atom stereocenters. The number of nitrogens with zero attached hydrogens (tertiary/aromatic N) is 4. The Morgan fingerprint density at radius 2 is 2.10 bits per heavy atom. The normalized spacial score (nSPS) is 21.6. The Balaban J connectivity index is 1.39. The van der Waals surface area contributed by atoms with Gasteiger partial charge >= 0.3 is 0 Å². The minimum Gasteiger partial charge on any atom is -0.373 e. The number of hydrogen-bond donors (Lipinski definition) is 2. The lowest BCUT2D eigenvalue weighted by Gasteiger charge is -2.36. The molecule has 2 atom stereocenters. The van der Waals surface area contributed by atoms with E-state index in [1.807, 2.05) is 19.1 Å². The molecule has 2 aromatic rings. The fourth-order valence-electron chi connectivity index (χ4n) is 4.16. The van der Waals surface area contributed by atoms with Crippen LogP contribution in [0.5, 0.6) is 0 Å². The molecule has 0 spiro atoms. The Kier molecular flexibility index (Phi) is 7.11. The molecule has 1 aromatic heterocycles. The molecule has 2 aliphatic heterocycles. The summed E-state index contributed by atoms with van der Waals surface area (Å²) < 4.78 is 6.08. The lowest BCUT2D eigenvalue weighted by atomic mass is 10.1. The molecule has 164 valence electrons. The van der Waals surface area contributed by atoms with E-state index in [1.165, 1.54) is 5.56 Å². The van der Waals surface area contributed by atoms with Gasteiger partial charge in [0.25, 0.3) is 0 Å². The highest BCUT2D eigenvalue weighted by molar-refractivity contribution is 5.94. The number of likely N-dealkylation sites (tertiary alicyclic amines) is 1. The number of morpholine rings is 1. The number of hydrogen-bond acceptors (Lipinski definition) is 5. The Bertz CT molecular complexity index is 876. The summed E-state index contributed by atoms with van der Waals surface area (Å²) in [4.78, 5) is 25.6. The van der Waals surface area contributed by atoms with E-state index < -0.39 is 0 Å². The zero-order chi connectivity index (χ0) is 21.5. The number of nitrogens with one attached hydrogen (secondary N) is 2. The molecule has 4 rings (SSSR count). The first-order chi connectivity index (χ1) is 15.2. The average Bonchev–Trinajstić information content (AvgIpc) is 3.23.